The summed E-state index contributed by atoms with van der Waals surface area (Å²) in [7, 11) is 0. The summed E-state index contributed by atoms with van der Waals surface area (Å²) < 4.78 is 40.7. The third-order valence-electron chi connectivity index (χ3n) is 2.99. The Morgan fingerprint density at radius 3 is 2.30 bits per heavy atom. The minimum absolute atomic E-state index is 0.220. The Morgan fingerprint density at radius 1 is 0.900 bits per heavy atom. The molecular weight excluding hydrogens is 331 g/mol. The van der Waals surface area contributed by atoms with Crippen molar-refractivity contribution < 1.29 is 13.2 Å². The molecule has 1 atom stereocenters. The van der Waals surface area contributed by atoms with E-state index in [9.17, 15) is 13.2 Å². The van der Waals surface area contributed by atoms with Gasteiger partial charge in [-0.2, -0.15) is 0 Å². The van der Waals surface area contributed by atoms with Crippen LogP contribution < -0.4 is 5.73 Å². The van der Waals surface area contributed by atoms with Crippen molar-refractivity contribution in [2.24, 2.45) is 5.73 Å². The number of hydrogen-bond donors (Lipinski definition) is 1. The summed E-state index contributed by atoms with van der Waals surface area (Å²) in [5.41, 5.74) is 6.72. The highest BCUT2D eigenvalue weighted by Crippen LogP contribution is 2.18. The van der Waals surface area contributed by atoms with Gasteiger partial charge in [0.2, 0.25) is 0 Å². The van der Waals surface area contributed by atoms with Gasteiger partial charge >= 0.3 is 0 Å². The second-order valence-electron chi connectivity index (χ2n) is 4.64. The van der Waals surface area contributed by atoms with Crippen molar-refractivity contribution in [2.45, 2.75) is 18.9 Å². The zero-order valence-electron chi connectivity index (χ0n) is 10.5. The normalized spacial score (nSPS) is 12.4. The fraction of sp³-hybridized carbons (Fsp3) is 0.200. The van der Waals surface area contributed by atoms with Crippen molar-refractivity contribution >= 4 is 15.9 Å². The van der Waals surface area contributed by atoms with Gasteiger partial charge < -0.3 is 5.73 Å². The van der Waals surface area contributed by atoms with Crippen LogP contribution in [0, 0.1) is 17.5 Å². The van der Waals surface area contributed by atoms with Gasteiger partial charge in [0.05, 0.1) is 0 Å². The van der Waals surface area contributed by atoms with E-state index in [2.05, 4.69) is 15.9 Å². The average Bonchev–Trinajstić information content (AvgIpc) is 2.37. The Bertz CT molecular complexity index is 616. The number of halogens is 4. The topological polar surface area (TPSA) is 26.0 Å². The molecule has 2 aromatic carbocycles. The lowest BCUT2D eigenvalue weighted by Crippen LogP contribution is -2.26. The monoisotopic (exact) mass is 343 g/mol. The van der Waals surface area contributed by atoms with Crippen LogP contribution in [-0.4, -0.2) is 6.04 Å². The van der Waals surface area contributed by atoms with Crippen molar-refractivity contribution in [3.8, 4) is 0 Å². The van der Waals surface area contributed by atoms with Crippen LogP contribution in [0.5, 0.6) is 0 Å². The summed E-state index contributed by atoms with van der Waals surface area (Å²) in [5.74, 6) is -1.60. The van der Waals surface area contributed by atoms with E-state index in [0.29, 0.717) is 11.1 Å². The fourth-order valence-electron chi connectivity index (χ4n) is 2.02. The predicted molar refractivity (Wildman–Crippen MR) is 75.8 cm³/mol. The van der Waals surface area contributed by atoms with Gasteiger partial charge in [0.15, 0.2) is 0 Å². The second-order valence-corrected chi connectivity index (χ2v) is 5.56. The molecule has 0 aliphatic rings. The second kappa shape index (κ2) is 6.41. The van der Waals surface area contributed by atoms with Gasteiger partial charge in [0.1, 0.15) is 17.5 Å². The minimum atomic E-state index is -0.629. The smallest absolute Gasteiger partial charge is 0.129 e. The Kier molecular flexibility index (Phi) is 4.83. The first-order valence-corrected chi connectivity index (χ1v) is 6.88. The minimum Gasteiger partial charge on any atom is -0.327 e. The number of hydrogen-bond acceptors (Lipinski definition) is 1. The largest absolute Gasteiger partial charge is 0.327 e. The van der Waals surface area contributed by atoms with Gasteiger partial charge in [0.25, 0.3) is 0 Å². The molecule has 0 amide bonds. The molecule has 2 N–H and O–H groups in total. The van der Waals surface area contributed by atoms with Gasteiger partial charge in [-0.05, 0) is 48.2 Å². The van der Waals surface area contributed by atoms with E-state index in [1.54, 1.807) is 12.1 Å². The molecule has 2 aromatic rings. The van der Waals surface area contributed by atoms with Crippen LogP contribution >= 0.6 is 15.9 Å². The van der Waals surface area contributed by atoms with Gasteiger partial charge in [-0.25, -0.2) is 13.2 Å². The molecular formula is C15H13BrF3N. The molecule has 0 aliphatic carbocycles. The molecule has 0 radical (unpaired) electrons. The van der Waals surface area contributed by atoms with Crippen molar-refractivity contribution in [1.82, 2.24) is 0 Å². The lowest BCUT2D eigenvalue weighted by atomic mass is 9.99. The molecule has 20 heavy (non-hydrogen) atoms. The molecule has 0 fully saturated rings. The predicted octanol–water partition coefficient (Wildman–Crippen LogP) is 3.98. The molecule has 106 valence electrons. The van der Waals surface area contributed by atoms with Crippen LogP contribution in [0.25, 0.3) is 0 Å². The van der Waals surface area contributed by atoms with Crippen molar-refractivity contribution in [2.75, 3.05) is 0 Å². The molecule has 1 unspecified atom stereocenters. The Balaban J connectivity index is 2.08. The lowest BCUT2D eigenvalue weighted by molar-refractivity contribution is 0.551. The van der Waals surface area contributed by atoms with E-state index >= 15 is 0 Å². The molecule has 0 saturated carbocycles. The quantitative estimate of drug-likeness (QED) is 0.892. The summed E-state index contributed by atoms with van der Waals surface area (Å²) in [6.45, 7) is 0. The summed E-state index contributed by atoms with van der Waals surface area (Å²) in [6, 6.07) is 7.53. The van der Waals surface area contributed by atoms with Gasteiger partial charge in [-0.1, -0.05) is 22.0 Å². The van der Waals surface area contributed by atoms with Gasteiger partial charge in [-0.15, -0.1) is 0 Å². The maximum atomic E-state index is 13.6. The molecule has 2 rings (SSSR count). The van der Waals surface area contributed by atoms with Crippen LogP contribution in [0.15, 0.2) is 40.9 Å². The summed E-state index contributed by atoms with van der Waals surface area (Å²) in [4.78, 5) is 0. The maximum absolute atomic E-state index is 13.6. The van der Waals surface area contributed by atoms with E-state index in [1.807, 2.05) is 0 Å². The van der Waals surface area contributed by atoms with E-state index in [4.69, 9.17) is 5.73 Å². The SMILES string of the molecule is NC(Cc1ccc(F)cc1F)Cc1cc(Br)ccc1F. The van der Waals surface area contributed by atoms with Crippen molar-refractivity contribution in [3.05, 3.63) is 69.4 Å². The Morgan fingerprint density at radius 2 is 1.60 bits per heavy atom. The molecule has 0 heterocycles. The van der Waals surface area contributed by atoms with Gasteiger partial charge in [-0.3, -0.25) is 0 Å². The molecule has 0 saturated heterocycles. The van der Waals surface area contributed by atoms with Crippen LogP contribution in [0.1, 0.15) is 11.1 Å². The first-order chi connectivity index (χ1) is 9.45. The van der Waals surface area contributed by atoms with Crippen LogP contribution in [0.4, 0.5) is 13.2 Å². The van der Waals surface area contributed by atoms with Crippen LogP contribution in [-0.2, 0) is 12.8 Å². The zero-order chi connectivity index (χ0) is 14.7. The number of nitrogens with two attached hydrogens (primary N) is 1. The molecule has 1 nitrogen and oxygen atoms in total. The molecule has 0 aliphatic heterocycles. The van der Waals surface area contributed by atoms with Gasteiger partial charge in [0, 0.05) is 16.6 Å². The van der Waals surface area contributed by atoms with Crippen LogP contribution in [0.2, 0.25) is 0 Å². The summed E-state index contributed by atoms with van der Waals surface area (Å²) in [6.07, 6.45) is 0.500. The Hall–Kier alpha value is -1.33. The first kappa shape index (κ1) is 15.1. The van der Waals surface area contributed by atoms with E-state index in [1.165, 1.54) is 18.2 Å². The Labute approximate surface area is 123 Å². The fourth-order valence-corrected chi connectivity index (χ4v) is 2.43. The van der Waals surface area contributed by atoms with E-state index < -0.39 is 17.7 Å². The van der Waals surface area contributed by atoms with E-state index in [-0.39, 0.29) is 18.7 Å². The highest BCUT2D eigenvalue weighted by Gasteiger charge is 2.12. The highest BCUT2D eigenvalue weighted by molar-refractivity contribution is 9.10. The van der Waals surface area contributed by atoms with Crippen molar-refractivity contribution in [1.29, 1.82) is 0 Å². The third kappa shape index (κ3) is 3.84. The molecule has 5 heteroatoms. The zero-order valence-corrected chi connectivity index (χ0v) is 12.1. The van der Waals surface area contributed by atoms with E-state index in [0.717, 1.165) is 10.5 Å². The molecule has 0 spiro atoms. The average molecular weight is 344 g/mol. The molecule has 0 bridgehead atoms. The standard InChI is InChI=1S/C15H13BrF3N/c16-11-2-4-14(18)10(5-11)7-13(20)6-9-1-3-12(17)8-15(9)19/h1-5,8,13H,6-7,20H2. The third-order valence-corrected chi connectivity index (χ3v) is 3.48. The van der Waals surface area contributed by atoms with Crippen molar-refractivity contribution in [3.63, 3.8) is 0 Å². The maximum Gasteiger partial charge on any atom is 0.129 e. The summed E-state index contributed by atoms with van der Waals surface area (Å²) >= 11 is 3.26. The lowest BCUT2D eigenvalue weighted by Gasteiger charge is -2.13. The number of rotatable bonds is 4. The highest BCUT2D eigenvalue weighted by atomic mass is 79.9. The summed E-state index contributed by atoms with van der Waals surface area (Å²) in [5, 5.41) is 0. The molecule has 0 aromatic heterocycles. The number of benzene rings is 2. The van der Waals surface area contributed by atoms with Crippen LogP contribution in [0.3, 0.4) is 0 Å². The first-order valence-electron chi connectivity index (χ1n) is 6.09.